The molecule has 2 atom stereocenters. The van der Waals surface area contributed by atoms with Crippen molar-refractivity contribution in [2.75, 3.05) is 26.5 Å². The van der Waals surface area contributed by atoms with E-state index in [2.05, 4.69) is 0 Å². The van der Waals surface area contributed by atoms with Crippen molar-refractivity contribution in [1.82, 2.24) is 4.31 Å². The summed E-state index contributed by atoms with van der Waals surface area (Å²) in [5.41, 5.74) is 0. The van der Waals surface area contributed by atoms with Crippen LogP contribution >= 0.6 is 0 Å². The molecule has 16 heavy (non-hydrogen) atoms. The zero-order valence-corrected chi connectivity index (χ0v) is 10.8. The van der Waals surface area contributed by atoms with Crippen molar-refractivity contribution >= 4 is 16.0 Å². The second kappa shape index (κ2) is 6.17. The molecule has 0 aliphatic heterocycles. The molecule has 0 heterocycles. The molecule has 0 fully saturated rings. The van der Waals surface area contributed by atoms with Gasteiger partial charge in [0.1, 0.15) is 0 Å². The summed E-state index contributed by atoms with van der Waals surface area (Å²) in [6, 6.07) is 0. The lowest BCUT2D eigenvalue weighted by Crippen LogP contribution is -2.37. The summed E-state index contributed by atoms with van der Waals surface area (Å²) in [7, 11) is -0.652. The van der Waals surface area contributed by atoms with Crippen LogP contribution in [0, 0.1) is 5.92 Å². The Morgan fingerprint density at radius 3 is 2.31 bits per heavy atom. The molecule has 0 aliphatic carbocycles. The van der Waals surface area contributed by atoms with Gasteiger partial charge >= 0.3 is 5.97 Å². The third-order valence-electron chi connectivity index (χ3n) is 2.28. The van der Waals surface area contributed by atoms with E-state index in [1.165, 1.54) is 21.1 Å². The number of carboxylic acid groups (broad SMARTS) is 1. The molecule has 6 nitrogen and oxygen atoms in total. The van der Waals surface area contributed by atoms with Gasteiger partial charge in [-0.1, -0.05) is 6.92 Å². The van der Waals surface area contributed by atoms with Gasteiger partial charge in [0.05, 0.1) is 17.8 Å². The largest absolute Gasteiger partial charge is 0.481 e. The van der Waals surface area contributed by atoms with E-state index in [9.17, 15) is 13.2 Å². The van der Waals surface area contributed by atoms with Crippen LogP contribution < -0.4 is 0 Å². The van der Waals surface area contributed by atoms with Gasteiger partial charge < -0.3 is 9.84 Å². The number of rotatable bonds is 7. The first-order chi connectivity index (χ1) is 7.20. The number of methoxy groups -OCH3 is 1. The normalized spacial score (nSPS) is 16.1. The SMILES string of the molecule is COC(C)CS(=O)(=O)N(C)CC(C)C(=O)O. The van der Waals surface area contributed by atoms with Crippen molar-refractivity contribution < 1.29 is 23.1 Å². The summed E-state index contributed by atoms with van der Waals surface area (Å²) in [4.78, 5) is 10.6. The Morgan fingerprint density at radius 1 is 1.44 bits per heavy atom. The van der Waals surface area contributed by atoms with Gasteiger partial charge in [0.25, 0.3) is 0 Å². The van der Waals surface area contributed by atoms with Gasteiger partial charge in [-0.25, -0.2) is 12.7 Å². The fourth-order valence-corrected chi connectivity index (χ4v) is 2.50. The van der Waals surface area contributed by atoms with E-state index in [0.717, 1.165) is 4.31 Å². The van der Waals surface area contributed by atoms with E-state index < -0.39 is 28.0 Å². The average Bonchev–Trinajstić information content (AvgIpc) is 2.16. The minimum atomic E-state index is -3.46. The van der Waals surface area contributed by atoms with Crippen LogP contribution in [0.1, 0.15) is 13.8 Å². The van der Waals surface area contributed by atoms with Gasteiger partial charge in [-0.2, -0.15) is 0 Å². The summed E-state index contributed by atoms with van der Waals surface area (Å²) < 4.78 is 29.3. The molecule has 0 aromatic rings. The molecular weight excluding hydrogens is 234 g/mol. The lowest BCUT2D eigenvalue weighted by atomic mass is 10.2. The van der Waals surface area contributed by atoms with E-state index in [1.807, 2.05) is 0 Å². The first-order valence-electron chi connectivity index (χ1n) is 4.90. The summed E-state index contributed by atoms with van der Waals surface area (Å²) in [6.07, 6.45) is -0.410. The summed E-state index contributed by atoms with van der Waals surface area (Å²) in [6.45, 7) is 3.08. The van der Waals surface area contributed by atoms with Crippen molar-refractivity contribution in [2.45, 2.75) is 20.0 Å². The smallest absolute Gasteiger partial charge is 0.307 e. The number of sulfonamides is 1. The second-order valence-corrected chi connectivity index (χ2v) is 5.97. The van der Waals surface area contributed by atoms with Gasteiger partial charge in [0, 0.05) is 20.7 Å². The molecule has 96 valence electrons. The van der Waals surface area contributed by atoms with Crippen LogP contribution in [-0.2, 0) is 19.6 Å². The average molecular weight is 253 g/mol. The van der Waals surface area contributed by atoms with Crippen LogP contribution in [0.25, 0.3) is 0 Å². The van der Waals surface area contributed by atoms with Crippen LogP contribution in [0.15, 0.2) is 0 Å². The molecule has 0 aromatic carbocycles. The second-order valence-electron chi connectivity index (χ2n) is 3.84. The van der Waals surface area contributed by atoms with Crippen molar-refractivity contribution in [3.05, 3.63) is 0 Å². The lowest BCUT2D eigenvalue weighted by molar-refractivity contribution is -0.141. The van der Waals surface area contributed by atoms with Gasteiger partial charge in [-0.05, 0) is 6.92 Å². The Kier molecular flexibility index (Phi) is 5.91. The van der Waals surface area contributed by atoms with Crippen LogP contribution in [0.5, 0.6) is 0 Å². The number of carbonyl (C=O) groups is 1. The fraction of sp³-hybridized carbons (Fsp3) is 0.889. The van der Waals surface area contributed by atoms with Gasteiger partial charge in [-0.15, -0.1) is 0 Å². The van der Waals surface area contributed by atoms with Crippen molar-refractivity contribution in [1.29, 1.82) is 0 Å². The summed E-state index contributed by atoms with van der Waals surface area (Å²) in [5.74, 6) is -1.88. The predicted octanol–water partition coefficient (Wildman–Crippen LogP) is 0.00360. The fourth-order valence-electron chi connectivity index (χ4n) is 1.07. The molecule has 0 amide bonds. The van der Waals surface area contributed by atoms with Gasteiger partial charge in [0.2, 0.25) is 10.0 Å². The summed E-state index contributed by atoms with van der Waals surface area (Å²) >= 11 is 0. The van der Waals surface area contributed by atoms with Crippen LogP contribution in [0.3, 0.4) is 0 Å². The highest BCUT2D eigenvalue weighted by molar-refractivity contribution is 7.89. The minimum absolute atomic E-state index is 0.0336. The molecular formula is C9H19NO5S. The maximum atomic E-state index is 11.7. The number of carboxylic acids is 1. The maximum Gasteiger partial charge on any atom is 0.307 e. The molecule has 7 heteroatoms. The number of aliphatic carboxylic acids is 1. The zero-order chi connectivity index (χ0) is 12.9. The molecule has 0 bridgehead atoms. The van der Waals surface area contributed by atoms with E-state index in [1.54, 1.807) is 6.92 Å². The first-order valence-corrected chi connectivity index (χ1v) is 6.51. The summed E-state index contributed by atoms with van der Waals surface area (Å²) in [5, 5.41) is 8.68. The van der Waals surface area contributed by atoms with Crippen molar-refractivity contribution in [3.63, 3.8) is 0 Å². The predicted molar refractivity (Wildman–Crippen MR) is 59.7 cm³/mol. The molecule has 0 radical (unpaired) electrons. The molecule has 0 aliphatic rings. The van der Waals surface area contributed by atoms with Crippen LogP contribution in [-0.4, -0.2) is 56.4 Å². The molecule has 0 spiro atoms. The van der Waals surface area contributed by atoms with Gasteiger partial charge in [-0.3, -0.25) is 4.79 Å². The standard InChI is InChI=1S/C9H19NO5S/c1-7(9(11)12)5-10(3)16(13,14)6-8(2)15-4/h7-8H,5-6H2,1-4H3,(H,11,12). The number of hydrogen-bond acceptors (Lipinski definition) is 4. The first kappa shape index (κ1) is 15.3. The highest BCUT2D eigenvalue weighted by Gasteiger charge is 2.24. The number of ether oxygens (including phenoxy) is 1. The van der Waals surface area contributed by atoms with Gasteiger partial charge in [0.15, 0.2) is 0 Å². The quantitative estimate of drug-likeness (QED) is 0.690. The maximum absolute atomic E-state index is 11.7. The van der Waals surface area contributed by atoms with Crippen LogP contribution in [0.4, 0.5) is 0 Å². The molecule has 0 saturated heterocycles. The zero-order valence-electron chi connectivity index (χ0n) is 10.0. The minimum Gasteiger partial charge on any atom is -0.481 e. The Labute approximate surface area is 96.2 Å². The lowest BCUT2D eigenvalue weighted by Gasteiger charge is -2.20. The van der Waals surface area contributed by atoms with E-state index in [4.69, 9.17) is 9.84 Å². The third-order valence-corrected chi connectivity index (χ3v) is 4.26. The molecule has 0 saturated carbocycles. The van der Waals surface area contributed by atoms with E-state index >= 15 is 0 Å². The number of hydrogen-bond donors (Lipinski definition) is 1. The van der Waals surface area contributed by atoms with Crippen molar-refractivity contribution in [3.8, 4) is 0 Å². The van der Waals surface area contributed by atoms with Crippen molar-refractivity contribution in [2.24, 2.45) is 5.92 Å². The Morgan fingerprint density at radius 2 is 1.94 bits per heavy atom. The topological polar surface area (TPSA) is 83.9 Å². The Bertz CT molecular complexity index is 327. The van der Waals surface area contributed by atoms with E-state index in [-0.39, 0.29) is 12.3 Å². The highest BCUT2D eigenvalue weighted by Crippen LogP contribution is 2.06. The highest BCUT2D eigenvalue weighted by atomic mass is 32.2. The Hall–Kier alpha value is -0.660. The van der Waals surface area contributed by atoms with E-state index in [0.29, 0.717) is 0 Å². The molecule has 1 N–H and O–H groups in total. The number of nitrogens with zero attached hydrogens (tertiary/aromatic N) is 1. The third kappa shape index (κ3) is 4.91. The molecule has 0 aromatic heterocycles. The Balaban J connectivity index is 4.47. The molecule has 2 unspecified atom stereocenters. The van der Waals surface area contributed by atoms with Crippen LogP contribution in [0.2, 0.25) is 0 Å². The molecule has 0 rings (SSSR count). The monoisotopic (exact) mass is 253 g/mol.